The minimum atomic E-state index is -0.641. The summed E-state index contributed by atoms with van der Waals surface area (Å²) in [5.41, 5.74) is 1.03. The predicted octanol–water partition coefficient (Wildman–Crippen LogP) is 5.29. The van der Waals surface area contributed by atoms with Crippen molar-refractivity contribution in [3.8, 4) is 0 Å². The molecular formula is C17H24F2. The van der Waals surface area contributed by atoms with Crippen LogP contribution < -0.4 is 0 Å². The van der Waals surface area contributed by atoms with E-state index in [0.717, 1.165) is 12.3 Å². The second-order valence-corrected chi connectivity index (χ2v) is 6.03. The molecule has 1 saturated carbocycles. The van der Waals surface area contributed by atoms with Crippen LogP contribution in [0.25, 0.3) is 0 Å². The maximum Gasteiger partial charge on any atom is 0.162 e. The molecule has 1 aliphatic rings. The molecule has 0 bridgehead atoms. The van der Waals surface area contributed by atoms with Crippen LogP contribution in [0.4, 0.5) is 8.78 Å². The molecule has 19 heavy (non-hydrogen) atoms. The number of hydrogen-bond acceptors (Lipinski definition) is 0. The van der Waals surface area contributed by atoms with Gasteiger partial charge in [0.25, 0.3) is 0 Å². The summed E-state index contributed by atoms with van der Waals surface area (Å²) in [7, 11) is 0. The van der Waals surface area contributed by atoms with Crippen molar-refractivity contribution < 1.29 is 8.78 Å². The van der Waals surface area contributed by atoms with E-state index in [1.54, 1.807) is 12.1 Å². The van der Waals surface area contributed by atoms with E-state index in [4.69, 9.17) is 0 Å². The summed E-state index contributed by atoms with van der Waals surface area (Å²) < 4.78 is 27.6. The average molecular weight is 266 g/mol. The maximum atomic E-state index is 13.9. The third-order valence-electron chi connectivity index (χ3n) is 4.58. The van der Waals surface area contributed by atoms with Gasteiger partial charge in [-0.05, 0) is 42.2 Å². The molecule has 1 fully saturated rings. The highest BCUT2D eigenvalue weighted by Crippen LogP contribution is 2.31. The number of hydrogen-bond donors (Lipinski definition) is 0. The third-order valence-corrected chi connectivity index (χ3v) is 4.58. The largest absolute Gasteiger partial charge is 0.203 e. The van der Waals surface area contributed by atoms with Gasteiger partial charge in [0.2, 0.25) is 0 Å². The lowest BCUT2D eigenvalue weighted by Crippen LogP contribution is -2.13. The molecule has 0 N–H and O–H groups in total. The van der Waals surface area contributed by atoms with Crippen molar-refractivity contribution in [3.63, 3.8) is 0 Å². The molecule has 1 aromatic rings. The lowest BCUT2D eigenvalue weighted by Gasteiger charge is -2.26. The lowest BCUT2D eigenvalue weighted by atomic mass is 9.80. The van der Waals surface area contributed by atoms with Gasteiger partial charge in [0, 0.05) is 0 Å². The summed E-state index contributed by atoms with van der Waals surface area (Å²) in [5, 5.41) is 0. The van der Waals surface area contributed by atoms with Gasteiger partial charge < -0.3 is 0 Å². The first-order chi connectivity index (χ1) is 9.11. The fourth-order valence-corrected chi connectivity index (χ4v) is 3.07. The zero-order chi connectivity index (χ0) is 13.8. The van der Waals surface area contributed by atoms with Crippen LogP contribution in [-0.4, -0.2) is 0 Å². The average Bonchev–Trinajstić information content (AvgIpc) is 2.42. The smallest absolute Gasteiger partial charge is 0.162 e. The minimum absolute atomic E-state index is 0.479. The molecule has 0 amide bonds. The van der Waals surface area contributed by atoms with Crippen LogP contribution in [0.15, 0.2) is 12.1 Å². The molecule has 1 aromatic carbocycles. The van der Waals surface area contributed by atoms with E-state index < -0.39 is 11.6 Å². The molecule has 2 heteroatoms. The summed E-state index contributed by atoms with van der Waals surface area (Å²) in [4.78, 5) is 0. The highest BCUT2D eigenvalue weighted by atomic mass is 19.2. The van der Waals surface area contributed by atoms with Gasteiger partial charge in [-0.25, -0.2) is 8.78 Å². The number of rotatable bonds is 4. The summed E-state index contributed by atoms with van der Waals surface area (Å²) in [5.74, 6) is 0.277. The highest BCUT2D eigenvalue weighted by Gasteiger charge is 2.19. The molecule has 1 aliphatic carbocycles. The molecule has 0 nitrogen and oxygen atoms in total. The fourth-order valence-electron chi connectivity index (χ4n) is 3.07. The number of aryl methyl sites for hydroxylation is 2. The van der Waals surface area contributed by atoms with E-state index >= 15 is 0 Å². The van der Waals surface area contributed by atoms with Crippen molar-refractivity contribution in [1.82, 2.24) is 0 Å². The molecule has 0 aliphatic heterocycles. The van der Waals surface area contributed by atoms with E-state index in [9.17, 15) is 8.78 Å². The van der Waals surface area contributed by atoms with E-state index in [0.29, 0.717) is 29.9 Å². The Morgan fingerprint density at radius 1 is 1.00 bits per heavy atom. The van der Waals surface area contributed by atoms with Crippen LogP contribution in [0.3, 0.4) is 0 Å². The Balaban J connectivity index is 1.94. The van der Waals surface area contributed by atoms with Crippen molar-refractivity contribution in [3.05, 3.63) is 34.9 Å². The van der Waals surface area contributed by atoms with Crippen LogP contribution in [0.2, 0.25) is 0 Å². The van der Waals surface area contributed by atoms with Gasteiger partial charge in [0.05, 0.1) is 0 Å². The van der Waals surface area contributed by atoms with Crippen LogP contribution in [0.5, 0.6) is 0 Å². The maximum absolute atomic E-state index is 13.9. The van der Waals surface area contributed by atoms with Crippen molar-refractivity contribution in [2.45, 2.75) is 58.8 Å². The molecule has 0 radical (unpaired) electrons. The molecule has 0 aromatic heterocycles. The Morgan fingerprint density at radius 3 is 2.21 bits per heavy atom. The van der Waals surface area contributed by atoms with Crippen molar-refractivity contribution in [2.24, 2.45) is 11.8 Å². The highest BCUT2D eigenvalue weighted by molar-refractivity contribution is 5.26. The molecule has 0 spiro atoms. The minimum Gasteiger partial charge on any atom is -0.203 e. The first kappa shape index (κ1) is 14.5. The van der Waals surface area contributed by atoms with Gasteiger partial charge in [-0.2, -0.15) is 0 Å². The van der Waals surface area contributed by atoms with Gasteiger partial charge in [-0.1, -0.05) is 51.7 Å². The standard InChI is InChI=1S/C17H24F2/c1-3-14-10-11-15(17(19)16(14)18)9-8-13-6-4-12(2)5-7-13/h10-13H,3-9H2,1-2H3. The first-order valence-electron chi connectivity index (χ1n) is 7.57. The monoisotopic (exact) mass is 266 g/mol. The van der Waals surface area contributed by atoms with Gasteiger partial charge in [-0.15, -0.1) is 0 Å². The Labute approximate surface area is 115 Å². The van der Waals surface area contributed by atoms with Gasteiger partial charge in [0.1, 0.15) is 0 Å². The zero-order valence-corrected chi connectivity index (χ0v) is 12.0. The third kappa shape index (κ3) is 3.55. The van der Waals surface area contributed by atoms with Crippen LogP contribution in [-0.2, 0) is 12.8 Å². The molecule has 0 atom stereocenters. The molecule has 0 unspecified atom stereocenters. The Hall–Kier alpha value is -0.920. The summed E-state index contributed by atoms with van der Waals surface area (Å²) >= 11 is 0. The molecular weight excluding hydrogens is 242 g/mol. The van der Waals surface area contributed by atoms with Gasteiger partial charge in [0.15, 0.2) is 11.6 Å². The fraction of sp³-hybridized carbons (Fsp3) is 0.647. The molecule has 106 valence electrons. The van der Waals surface area contributed by atoms with E-state index in [1.165, 1.54) is 25.7 Å². The Morgan fingerprint density at radius 2 is 1.58 bits per heavy atom. The van der Waals surface area contributed by atoms with Crippen LogP contribution in [0, 0.1) is 23.5 Å². The number of halogens is 2. The van der Waals surface area contributed by atoms with Crippen molar-refractivity contribution in [2.75, 3.05) is 0 Å². The van der Waals surface area contributed by atoms with Gasteiger partial charge in [-0.3, -0.25) is 0 Å². The van der Waals surface area contributed by atoms with E-state index in [-0.39, 0.29) is 0 Å². The Kier molecular flexibility index (Phi) is 4.95. The quantitative estimate of drug-likeness (QED) is 0.695. The lowest BCUT2D eigenvalue weighted by molar-refractivity contribution is 0.277. The second-order valence-electron chi connectivity index (χ2n) is 6.03. The number of benzene rings is 1. The summed E-state index contributed by atoms with van der Waals surface area (Å²) in [6.07, 6.45) is 7.28. The SMILES string of the molecule is CCc1ccc(CCC2CCC(C)CC2)c(F)c1F. The molecule has 2 rings (SSSR count). The van der Waals surface area contributed by atoms with Gasteiger partial charge >= 0.3 is 0 Å². The van der Waals surface area contributed by atoms with Crippen molar-refractivity contribution in [1.29, 1.82) is 0 Å². The van der Waals surface area contributed by atoms with E-state index in [1.807, 2.05) is 6.92 Å². The summed E-state index contributed by atoms with van der Waals surface area (Å²) in [6, 6.07) is 3.50. The topological polar surface area (TPSA) is 0 Å². The Bertz CT molecular complexity index is 418. The normalized spacial score (nSPS) is 23.6. The first-order valence-corrected chi connectivity index (χ1v) is 7.57. The van der Waals surface area contributed by atoms with Crippen LogP contribution >= 0.6 is 0 Å². The molecule has 0 saturated heterocycles. The zero-order valence-electron chi connectivity index (χ0n) is 12.0. The predicted molar refractivity (Wildman–Crippen MR) is 75.2 cm³/mol. The second kappa shape index (κ2) is 6.49. The molecule has 0 heterocycles. The van der Waals surface area contributed by atoms with Crippen molar-refractivity contribution >= 4 is 0 Å². The van der Waals surface area contributed by atoms with E-state index in [2.05, 4.69) is 6.92 Å². The van der Waals surface area contributed by atoms with Crippen LogP contribution in [0.1, 0.15) is 57.1 Å². The summed E-state index contributed by atoms with van der Waals surface area (Å²) in [6.45, 7) is 4.15.